The molecule has 0 atom stereocenters. The van der Waals surface area contributed by atoms with Crippen molar-refractivity contribution < 1.29 is 7.65 Å². The number of urea groups is 1. The highest BCUT2D eigenvalue weighted by molar-refractivity contribution is 5.89. The van der Waals surface area contributed by atoms with Crippen LogP contribution in [-0.4, -0.2) is 11.0 Å². The van der Waals surface area contributed by atoms with Gasteiger partial charge in [-0.25, -0.2) is 4.79 Å². The fraction of sp³-hybridized carbons (Fsp3) is 0.0769. The highest BCUT2D eigenvalue weighted by atomic mass is 16.2. The highest BCUT2D eigenvalue weighted by Crippen LogP contribution is 2.04. The van der Waals surface area contributed by atoms with Crippen molar-refractivity contribution in [3.8, 4) is 0 Å². The molecule has 2 aromatic rings. The van der Waals surface area contributed by atoms with Gasteiger partial charge in [0.2, 0.25) is 0 Å². The van der Waals surface area contributed by atoms with Crippen LogP contribution in [0.25, 0.3) is 0 Å². The molecule has 4 nitrogen and oxygen atoms in total. The zero-order chi connectivity index (χ0) is 11.9. The van der Waals surface area contributed by atoms with Crippen molar-refractivity contribution in [3.05, 3.63) is 60.4 Å². The zero-order valence-electron chi connectivity index (χ0n) is 9.26. The third-order valence-corrected chi connectivity index (χ3v) is 2.23. The van der Waals surface area contributed by atoms with Gasteiger partial charge in [0.1, 0.15) is 0 Å². The Morgan fingerprint density at radius 2 is 1.82 bits per heavy atom. The Morgan fingerprint density at radius 3 is 2.53 bits per heavy atom. The molecule has 0 spiro atoms. The van der Waals surface area contributed by atoms with Crippen molar-refractivity contribution in [1.82, 2.24) is 10.3 Å². The summed E-state index contributed by atoms with van der Waals surface area (Å²) < 4.78 is 0. The van der Waals surface area contributed by atoms with Crippen LogP contribution in [0.5, 0.6) is 0 Å². The van der Waals surface area contributed by atoms with E-state index in [0.717, 1.165) is 11.3 Å². The van der Waals surface area contributed by atoms with Crippen molar-refractivity contribution in [3.63, 3.8) is 0 Å². The summed E-state index contributed by atoms with van der Waals surface area (Å²) in [6.45, 7) is 0.487. The minimum atomic E-state index is -0.215. The van der Waals surface area contributed by atoms with Crippen molar-refractivity contribution >= 4 is 11.7 Å². The molecular formula is C13H17N3O. The van der Waals surface area contributed by atoms with E-state index in [4.69, 9.17) is 0 Å². The second-order valence-electron chi connectivity index (χ2n) is 3.53. The number of anilines is 1. The molecule has 2 rings (SSSR count). The van der Waals surface area contributed by atoms with E-state index >= 15 is 0 Å². The molecule has 0 unspecified atom stereocenters. The van der Waals surface area contributed by atoms with E-state index in [1.807, 2.05) is 42.5 Å². The predicted octanol–water partition coefficient (Wildman–Crippen LogP) is 2.90. The molecule has 1 aromatic carbocycles. The van der Waals surface area contributed by atoms with Crippen LogP contribution in [0.4, 0.5) is 10.5 Å². The molecule has 4 heteroatoms. The van der Waals surface area contributed by atoms with Crippen molar-refractivity contribution in [2.45, 2.75) is 6.54 Å². The molecule has 0 saturated heterocycles. The quantitative estimate of drug-likeness (QED) is 0.853. The number of para-hydroxylation sites is 1. The number of pyridine rings is 1. The van der Waals surface area contributed by atoms with Crippen LogP contribution in [0.2, 0.25) is 0 Å². The lowest BCUT2D eigenvalue weighted by Gasteiger charge is -2.07. The molecule has 1 heterocycles. The topological polar surface area (TPSA) is 54.0 Å². The molecule has 17 heavy (non-hydrogen) atoms. The lowest BCUT2D eigenvalue weighted by atomic mass is 10.3. The summed E-state index contributed by atoms with van der Waals surface area (Å²) in [5, 5.41) is 5.52. The van der Waals surface area contributed by atoms with Gasteiger partial charge < -0.3 is 10.6 Å². The number of aromatic nitrogens is 1. The van der Waals surface area contributed by atoms with Crippen LogP contribution >= 0.6 is 0 Å². The number of nitrogens with zero attached hydrogens (tertiary/aromatic N) is 1. The molecule has 0 aliphatic carbocycles. The second-order valence-corrected chi connectivity index (χ2v) is 3.53. The van der Waals surface area contributed by atoms with Gasteiger partial charge in [-0.3, -0.25) is 4.98 Å². The third-order valence-electron chi connectivity index (χ3n) is 2.23. The Morgan fingerprint density at radius 1 is 1.12 bits per heavy atom. The summed E-state index contributed by atoms with van der Waals surface area (Å²) in [5.74, 6) is 0. The average Bonchev–Trinajstić information content (AvgIpc) is 2.39. The van der Waals surface area contributed by atoms with Gasteiger partial charge in [0.25, 0.3) is 0 Å². The minimum absolute atomic E-state index is 0. The first-order chi connectivity index (χ1) is 8.34. The van der Waals surface area contributed by atoms with E-state index in [2.05, 4.69) is 15.6 Å². The van der Waals surface area contributed by atoms with Crippen LogP contribution in [0, 0.1) is 0 Å². The molecule has 0 saturated carbocycles. The Hall–Kier alpha value is -2.36. The van der Waals surface area contributed by atoms with Crippen LogP contribution in [0.15, 0.2) is 54.9 Å². The number of hydrogen-bond donors (Lipinski definition) is 2. The lowest BCUT2D eigenvalue weighted by molar-refractivity contribution is 0.251. The number of carbonyl (C=O) groups is 1. The van der Waals surface area contributed by atoms with Crippen LogP contribution < -0.4 is 10.6 Å². The molecule has 90 valence electrons. The van der Waals surface area contributed by atoms with E-state index < -0.39 is 0 Å². The standard InChI is InChI=1S/C13H13N3O.2H2/c17-13(16-12-4-2-1-3-5-12)15-10-11-6-8-14-9-7-11;;/h1-9H,10H2,(H2,15,16,17);2*1H. The Balaban J connectivity index is 0.00000162. The van der Waals surface area contributed by atoms with Gasteiger partial charge >= 0.3 is 6.03 Å². The molecule has 2 amide bonds. The van der Waals surface area contributed by atoms with Crippen LogP contribution in [-0.2, 0) is 6.54 Å². The minimum Gasteiger partial charge on any atom is -0.334 e. The number of hydrogen-bond acceptors (Lipinski definition) is 2. The number of nitrogens with one attached hydrogen (secondary N) is 2. The maximum atomic E-state index is 11.5. The predicted molar refractivity (Wildman–Crippen MR) is 70.8 cm³/mol. The summed E-state index contributed by atoms with van der Waals surface area (Å²) >= 11 is 0. The molecule has 0 bridgehead atoms. The molecule has 0 aliphatic rings. The Bertz CT molecular complexity index is 480. The van der Waals surface area contributed by atoms with Crippen molar-refractivity contribution in [2.75, 3.05) is 5.32 Å². The van der Waals surface area contributed by atoms with E-state index in [0.29, 0.717) is 6.54 Å². The number of rotatable bonds is 3. The molecule has 0 fully saturated rings. The highest BCUT2D eigenvalue weighted by Gasteiger charge is 2.00. The number of benzene rings is 1. The maximum absolute atomic E-state index is 11.5. The van der Waals surface area contributed by atoms with E-state index in [9.17, 15) is 4.79 Å². The monoisotopic (exact) mass is 231 g/mol. The second kappa shape index (κ2) is 5.65. The number of amides is 2. The molecule has 0 radical (unpaired) electrons. The maximum Gasteiger partial charge on any atom is 0.319 e. The van der Waals surface area contributed by atoms with E-state index in [1.54, 1.807) is 12.4 Å². The summed E-state index contributed by atoms with van der Waals surface area (Å²) in [6.07, 6.45) is 3.40. The number of carbonyl (C=O) groups excluding carboxylic acids is 1. The van der Waals surface area contributed by atoms with Gasteiger partial charge in [-0.2, -0.15) is 0 Å². The van der Waals surface area contributed by atoms with Crippen LogP contribution in [0.3, 0.4) is 0 Å². The third kappa shape index (κ3) is 3.61. The van der Waals surface area contributed by atoms with E-state index in [1.165, 1.54) is 0 Å². The molecule has 1 aromatic heterocycles. The summed E-state index contributed by atoms with van der Waals surface area (Å²) in [4.78, 5) is 15.5. The van der Waals surface area contributed by atoms with Crippen molar-refractivity contribution in [2.24, 2.45) is 0 Å². The van der Waals surface area contributed by atoms with E-state index in [-0.39, 0.29) is 8.88 Å². The summed E-state index contributed by atoms with van der Waals surface area (Å²) in [5.41, 5.74) is 1.79. The van der Waals surface area contributed by atoms with Gasteiger partial charge in [-0.05, 0) is 29.8 Å². The van der Waals surface area contributed by atoms with Gasteiger partial charge in [0.15, 0.2) is 0 Å². The average molecular weight is 231 g/mol. The molecule has 0 aliphatic heterocycles. The van der Waals surface area contributed by atoms with Gasteiger partial charge in [0, 0.05) is 27.5 Å². The van der Waals surface area contributed by atoms with Crippen LogP contribution in [0.1, 0.15) is 8.42 Å². The molecule has 2 N–H and O–H groups in total. The lowest BCUT2D eigenvalue weighted by Crippen LogP contribution is -2.28. The Labute approximate surface area is 103 Å². The fourth-order valence-electron chi connectivity index (χ4n) is 1.38. The van der Waals surface area contributed by atoms with Gasteiger partial charge in [-0.1, -0.05) is 18.2 Å². The van der Waals surface area contributed by atoms with Gasteiger partial charge in [0.05, 0.1) is 0 Å². The van der Waals surface area contributed by atoms with Crippen molar-refractivity contribution in [1.29, 1.82) is 0 Å². The first kappa shape index (κ1) is 11.1. The molecular weight excluding hydrogens is 214 g/mol. The summed E-state index contributed by atoms with van der Waals surface area (Å²) in [7, 11) is 0. The Kier molecular flexibility index (Phi) is 3.70. The fourth-order valence-corrected chi connectivity index (χ4v) is 1.38. The first-order valence-corrected chi connectivity index (χ1v) is 5.33. The SMILES string of the molecule is O=C(NCc1ccncc1)Nc1ccccc1.[HH].[HH]. The first-order valence-electron chi connectivity index (χ1n) is 5.33. The summed E-state index contributed by atoms with van der Waals surface area (Å²) in [6, 6.07) is 12.8. The smallest absolute Gasteiger partial charge is 0.319 e. The zero-order valence-corrected chi connectivity index (χ0v) is 9.26. The largest absolute Gasteiger partial charge is 0.334 e. The normalized spacial score (nSPS) is 9.65. The van der Waals surface area contributed by atoms with Gasteiger partial charge in [-0.15, -0.1) is 0 Å².